The Kier molecular flexibility index (Phi) is 11.5. The van der Waals surface area contributed by atoms with Crippen molar-refractivity contribution in [3.05, 3.63) is 71.8 Å². The summed E-state index contributed by atoms with van der Waals surface area (Å²) in [6.07, 6.45) is 5.38. The lowest BCUT2D eigenvalue weighted by Gasteiger charge is -2.30. The quantitative estimate of drug-likeness (QED) is 0.326. The number of sulfonamides is 1. The smallest absolute Gasteiger partial charge is 0.306 e. The third-order valence-electron chi connectivity index (χ3n) is 8.52. The summed E-state index contributed by atoms with van der Waals surface area (Å²) in [4.78, 5) is 13.3. The number of ether oxygens (including phenoxy) is 5. The highest BCUT2D eigenvalue weighted by Crippen LogP contribution is 2.34. The number of nitrogens with zero attached hydrogens (tertiary/aromatic N) is 1. The summed E-state index contributed by atoms with van der Waals surface area (Å²) in [5.41, 5.74) is 1.42. The molecule has 2 aromatic rings. The monoisotopic (exact) mass is 629 g/mol. The zero-order valence-electron chi connectivity index (χ0n) is 25.2. The van der Waals surface area contributed by atoms with Gasteiger partial charge in [0, 0.05) is 24.6 Å². The van der Waals surface area contributed by atoms with Gasteiger partial charge in [-0.05, 0) is 55.9 Å². The number of rotatable bonds is 9. The summed E-state index contributed by atoms with van der Waals surface area (Å²) >= 11 is 0. The second kappa shape index (κ2) is 15.5. The molecular formula is C33H43NO9S. The van der Waals surface area contributed by atoms with Crippen molar-refractivity contribution in [2.75, 3.05) is 40.0 Å². The maximum Gasteiger partial charge on any atom is 0.306 e. The summed E-state index contributed by atoms with van der Waals surface area (Å²) in [6, 6.07) is 14.4. The molecule has 44 heavy (non-hydrogen) atoms. The molecule has 0 amide bonds. The van der Waals surface area contributed by atoms with Crippen LogP contribution in [0, 0.1) is 11.8 Å². The molecule has 0 unspecified atom stereocenters. The first-order valence-corrected chi connectivity index (χ1v) is 16.8. The molecule has 0 aliphatic carbocycles. The first-order chi connectivity index (χ1) is 21.3. The van der Waals surface area contributed by atoms with Crippen molar-refractivity contribution in [3.63, 3.8) is 0 Å². The van der Waals surface area contributed by atoms with E-state index in [0.29, 0.717) is 37.4 Å². The van der Waals surface area contributed by atoms with E-state index < -0.39 is 34.1 Å². The second-order valence-electron chi connectivity index (χ2n) is 11.6. The average Bonchev–Trinajstić information content (AvgIpc) is 3.64. The molecule has 5 rings (SSSR count). The summed E-state index contributed by atoms with van der Waals surface area (Å²) in [5.74, 6) is -0.492. The van der Waals surface area contributed by atoms with E-state index in [0.717, 1.165) is 24.8 Å². The van der Waals surface area contributed by atoms with E-state index in [2.05, 4.69) is 0 Å². The Labute approximate surface area is 259 Å². The van der Waals surface area contributed by atoms with Crippen LogP contribution in [-0.4, -0.2) is 82.3 Å². The molecule has 3 aliphatic heterocycles. The third kappa shape index (κ3) is 8.26. The van der Waals surface area contributed by atoms with Gasteiger partial charge in [0.1, 0.15) is 11.9 Å². The van der Waals surface area contributed by atoms with Crippen molar-refractivity contribution >= 4 is 16.0 Å². The van der Waals surface area contributed by atoms with Crippen LogP contribution in [0.4, 0.5) is 0 Å². The number of β-amino-alcohol motifs (C(OH)–C–C–N with tert-alkyl or cyclic N) is 1. The van der Waals surface area contributed by atoms with Crippen LogP contribution in [0.2, 0.25) is 0 Å². The highest BCUT2D eigenvalue weighted by atomic mass is 32.2. The van der Waals surface area contributed by atoms with Crippen LogP contribution in [0.3, 0.4) is 0 Å². The van der Waals surface area contributed by atoms with E-state index >= 15 is 0 Å². The van der Waals surface area contributed by atoms with Crippen molar-refractivity contribution in [2.45, 2.75) is 68.5 Å². The molecule has 5 atom stereocenters. The Morgan fingerprint density at radius 2 is 1.95 bits per heavy atom. The number of carbonyl (C=O) groups excluding carboxylic acids is 1. The van der Waals surface area contributed by atoms with Crippen molar-refractivity contribution in [1.82, 2.24) is 4.31 Å². The van der Waals surface area contributed by atoms with E-state index in [4.69, 9.17) is 23.7 Å². The number of hydrogen-bond acceptors (Lipinski definition) is 9. The van der Waals surface area contributed by atoms with Crippen LogP contribution in [0.25, 0.3) is 0 Å². The fourth-order valence-electron chi connectivity index (χ4n) is 6.07. The molecule has 10 nitrogen and oxygen atoms in total. The first kappa shape index (κ1) is 32.6. The van der Waals surface area contributed by atoms with Crippen LogP contribution >= 0.6 is 0 Å². The maximum atomic E-state index is 14.2. The van der Waals surface area contributed by atoms with Crippen LogP contribution in [0.1, 0.15) is 43.2 Å². The molecule has 0 radical (unpaired) electrons. The van der Waals surface area contributed by atoms with Gasteiger partial charge >= 0.3 is 5.97 Å². The first-order valence-electron chi connectivity index (χ1n) is 15.4. The van der Waals surface area contributed by atoms with Crippen molar-refractivity contribution in [3.8, 4) is 5.75 Å². The third-order valence-corrected chi connectivity index (χ3v) is 10.5. The minimum atomic E-state index is -4.03. The van der Waals surface area contributed by atoms with Gasteiger partial charge in [-0.25, -0.2) is 8.42 Å². The van der Waals surface area contributed by atoms with E-state index in [-0.39, 0.29) is 49.8 Å². The predicted molar refractivity (Wildman–Crippen MR) is 162 cm³/mol. The summed E-state index contributed by atoms with van der Waals surface area (Å²) in [6.45, 7) is 1.37. The SMILES string of the molecule is COc1ccc2c(c1)COC/C=C/CCCCN(C[C@@H](O)[C@@H](CC(=O)O[C@H]1CO[C@H]3OCC[C@H]31)Cc1ccccc1)S2(=O)=O. The van der Waals surface area contributed by atoms with Crippen molar-refractivity contribution in [2.24, 2.45) is 11.8 Å². The summed E-state index contributed by atoms with van der Waals surface area (Å²) in [7, 11) is -2.51. The van der Waals surface area contributed by atoms with E-state index in [9.17, 15) is 18.3 Å². The number of benzene rings is 2. The molecule has 11 heteroatoms. The van der Waals surface area contributed by atoms with E-state index in [1.165, 1.54) is 17.5 Å². The number of allylic oxidation sites excluding steroid dienone is 1. The Morgan fingerprint density at radius 3 is 2.77 bits per heavy atom. The number of esters is 1. The van der Waals surface area contributed by atoms with Gasteiger partial charge in [0.15, 0.2) is 6.29 Å². The van der Waals surface area contributed by atoms with Gasteiger partial charge in [-0.15, -0.1) is 0 Å². The highest BCUT2D eigenvalue weighted by molar-refractivity contribution is 7.89. The maximum absolute atomic E-state index is 14.2. The van der Waals surface area contributed by atoms with Gasteiger partial charge in [-0.1, -0.05) is 42.5 Å². The van der Waals surface area contributed by atoms with Crippen molar-refractivity contribution < 1.29 is 42.0 Å². The lowest BCUT2D eigenvalue weighted by Crippen LogP contribution is -2.42. The zero-order chi connectivity index (χ0) is 30.9. The van der Waals surface area contributed by atoms with Crippen LogP contribution < -0.4 is 4.74 Å². The summed E-state index contributed by atoms with van der Waals surface area (Å²) < 4.78 is 57.8. The summed E-state index contributed by atoms with van der Waals surface area (Å²) in [5, 5.41) is 11.7. The number of aliphatic hydroxyl groups is 1. The molecule has 2 fully saturated rings. The Balaban J connectivity index is 1.37. The standard InChI is InChI=1S/C33H43NO9S/c1-39-27-12-13-31-26(19-27)22-40-16-9-4-2-3-8-15-34(44(31,37)38)21-29(35)25(18-24-10-6-5-7-11-24)20-32(36)43-30-23-42-33-28(30)14-17-41-33/h4-7,9-13,19,25,28-30,33,35H,2-3,8,14-18,20-23H2,1H3/b9-4+/t25-,28+,29-,30+,33-/m1/s1. The molecule has 0 aromatic heterocycles. The number of hydrogen-bond donors (Lipinski definition) is 1. The Hall–Kier alpha value is -2.80. The average molecular weight is 630 g/mol. The Bertz CT molecular complexity index is 1370. The molecule has 0 saturated carbocycles. The fourth-order valence-corrected chi connectivity index (χ4v) is 7.75. The van der Waals surface area contributed by atoms with Gasteiger partial charge in [0.2, 0.25) is 10.0 Å². The lowest BCUT2D eigenvalue weighted by molar-refractivity contribution is -0.153. The molecule has 2 saturated heterocycles. The molecular weight excluding hydrogens is 586 g/mol. The van der Waals surface area contributed by atoms with Gasteiger partial charge in [-0.2, -0.15) is 4.31 Å². The molecule has 0 bridgehead atoms. The van der Waals surface area contributed by atoms with Crippen LogP contribution in [-0.2, 0) is 46.8 Å². The lowest BCUT2D eigenvalue weighted by atomic mass is 9.90. The molecule has 0 spiro atoms. The minimum absolute atomic E-state index is 0.00522. The van der Waals surface area contributed by atoms with Crippen molar-refractivity contribution in [1.29, 1.82) is 0 Å². The van der Waals surface area contributed by atoms with Crippen LogP contribution in [0.15, 0.2) is 65.6 Å². The predicted octanol–water partition coefficient (Wildman–Crippen LogP) is 3.86. The Morgan fingerprint density at radius 1 is 1.11 bits per heavy atom. The molecule has 240 valence electrons. The number of aliphatic hydroxyl groups excluding tert-OH is 1. The molecule has 2 aromatic carbocycles. The van der Waals surface area contributed by atoms with E-state index in [1.807, 2.05) is 42.5 Å². The van der Waals surface area contributed by atoms with Gasteiger partial charge < -0.3 is 28.8 Å². The van der Waals surface area contributed by atoms with Gasteiger partial charge in [0.05, 0.1) is 56.9 Å². The fraction of sp³-hybridized carbons (Fsp3) is 0.545. The zero-order valence-corrected chi connectivity index (χ0v) is 26.0. The number of fused-ring (bicyclic) bond motifs is 2. The van der Waals surface area contributed by atoms with E-state index in [1.54, 1.807) is 12.1 Å². The number of carbonyl (C=O) groups is 1. The normalized spacial score (nSPS) is 26.2. The molecule has 3 heterocycles. The topological polar surface area (TPSA) is 121 Å². The van der Waals surface area contributed by atoms with Crippen LogP contribution in [0.5, 0.6) is 5.75 Å². The van der Waals surface area contributed by atoms with Gasteiger partial charge in [-0.3, -0.25) is 4.79 Å². The van der Waals surface area contributed by atoms with Gasteiger partial charge in [0.25, 0.3) is 0 Å². The molecule has 3 aliphatic rings. The largest absolute Gasteiger partial charge is 0.497 e. The molecule has 1 N–H and O–H groups in total. The second-order valence-corrected chi connectivity index (χ2v) is 13.5. The number of methoxy groups -OCH3 is 1. The minimum Gasteiger partial charge on any atom is -0.497 e. The highest BCUT2D eigenvalue weighted by Gasteiger charge is 2.44.